The van der Waals surface area contributed by atoms with Crippen molar-refractivity contribution < 1.29 is 4.21 Å². The molecule has 0 aliphatic carbocycles. The summed E-state index contributed by atoms with van der Waals surface area (Å²) in [6.45, 7) is 7.40. The second kappa shape index (κ2) is 6.80. The molecule has 0 saturated heterocycles. The van der Waals surface area contributed by atoms with Gasteiger partial charge in [0.2, 0.25) is 0 Å². The Kier molecular flexibility index (Phi) is 6.88. The molecule has 0 unspecified atom stereocenters. The molecule has 0 radical (unpaired) electrons. The van der Waals surface area contributed by atoms with Gasteiger partial charge >= 0.3 is 0 Å². The average molecular weight is 285 g/mol. The fourth-order valence-electron chi connectivity index (χ4n) is 0.908. The van der Waals surface area contributed by atoms with Crippen LogP contribution in [0.5, 0.6) is 0 Å². The molecule has 1 N–H and O–H groups in total. The summed E-state index contributed by atoms with van der Waals surface area (Å²) < 4.78 is 14.2. The fourth-order valence-corrected chi connectivity index (χ4v) is 1.87. The highest BCUT2D eigenvalue weighted by atomic mass is 35.5. The van der Waals surface area contributed by atoms with E-state index in [0.29, 0.717) is 6.42 Å². The minimum Gasteiger partial charge on any atom is -0.242 e. The first kappa shape index (κ1) is 16.2. The van der Waals surface area contributed by atoms with Gasteiger partial charge in [-0.3, -0.25) is 0 Å². The summed E-state index contributed by atoms with van der Waals surface area (Å²) in [5.41, 5.74) is 0. The number of nitrogens with one attached hydrogen (secondary N) is 1. The molecule has 0 spiro atoms. The molecular weight excluding hydrogens is 267 g/mol. The van der Waals surface area contributed by atoms with E-state index < -0.39 is 21.9 Å². The van der Waals surface area contributed by atoms with Crippen molar-refractivity contribution in [1.29, 1.82) is 5.26 Å². The molecule has 0 aromatic heterocycles. The highest BCUT2D eigenvalue weighted by molar-refractivity contribution is 7.84. The number of hydrogen-bond donors (Lipinski definition) is 1. The smallest absolute Gasteiger partial charge is 0.110 e. The minimum atomic E-state index is -1.26. The Morgan fingerprint density at radius 3 is 2.25 bits per heavy atom. The summed E-state index contributed by atoms with van der Waals surface area (Å²) in [7, 11) is -1.26. The van der Waals surface area contributed by atoms with Gasteiger partial charge in [-0.05, 0) is 33.1 Å². The van der Waals surface area contributed by atoms with E-state index in [9.17, 15) is 4.21 Å². The molecule has 3 atom stereocenters. The lowest BCUT2D eigenvalue weighted by Crippen LogP contribution is -2.40. The molecule has 0 bridgehead atoms. The third-order valence-electron chi connectivity index (χ3n) is 2.00. The molecule has 16 heavy (non-hydrogen) atoms. The van der Waals surface area contributed by atoms with Gasteiger partial charge in [-0.2, -0.15) is 5.26 Å². The molecule has 0 fully saturated rings. The summed E-state index contributed by atoms with van der Waals surface area (Å²) in [4.78, 5) is -0.513. The Morgan fingerprint density at radius 2 is 1.94 bits per heavy atom. The SMILES string of the molecule is C[C@@H](C[C@@H](C#N)N[S@@](=O)C(C)(C)C)C(Cl)Cl. The van der Waals surface area contributed by atoms with E-state index in [-0.39, 0.29) is 10.7 Å². The van der Waals surface area contributed by atoms with Gasteiger partial charge in [0.05, 0.1) is 21.8 Å². The maximum Gasteiger partial charge on any atom is 0.110 e. The van der Waals surface area contributed by atoms with E-state index in [0.717, 1.165) is 0 Å². The van der Waals surface area contributed by atoms with Gasteiger partial charge in [0.25, 0.3) is 0 Å². The fraction of sp³-hybridized carbons (Fsp3) is 0.900. The highest BCUT2D eigenvalue weighted by Gasteiger charge is 2.24. The lowest BCUT2D eigenvalue weighted by atomic mass is 10.1. The van der Waals surface area contributed by atoms with Crippen LogP contribution in [-0.4, -0.2) is 19.8 Å². The lowest BCUT2D eigenvalue weighted by Gasteiger charge is -2.22. The van der Waals surface area contributed by atoms with Crippen LogP contribution in [0.3, 0.4) is 0 Å². The van der Waals surface area contributed by atoms with E-state index in [2.05, 4.69) is 10.8 Å². The monoisotopic (exact) mass is 284 g/mol. The Balaban J connectivity index is 4.34. The number of hydrogen-bond acceptors (Lipinski definition) is 2. The Labute approximate surface area is 110 Å². The zero-order chi connectivity index (χ0) is 12.9. The van der Waals surface area contributed by atoms with Crippen molar-refractivity contribution in [3.8, 4) is 6.07 Å². The van der Waals surface area contributed by atoms with E-state index in [1.54, 1.807) is 0 Å². The van der Waals surface area contributed by atoms with Crippen molar-refractivity contribution in [2.75, 3.05) is 0 Å². The van der Waals surface area contributed by atoms with Crippen molar-refractivity contribution in [2.24, 2.45) is 5.92 Å². The molecule has 3 nitrogen and oxygen atoms in total. The largest absolute Gasteiger partial charge is 0.242 e. The van der Waals surface area contributed by atoms with Crippen molar-refractivity contribution in [2.45, 2.75) is 49.7 Å². The molecule has 0 aliphatic rings. The number of alkyl halides is 2. The first-order valence-electron chi connectivity index (χ1n) is 5.04. The van der Waals surface area contributed by atoms with Crippen LogP contribution < -0.4 is 4.72 Å². The normalized spacial score (nSPS) is 17.9. The molecule has 0 aliphatic heterocycles. The molecule has 0 amide bonds. The molecular formula is C10H18Cl2N2OS. The van der Waals surface area contributed by atoms with Crippen LogP contribution in [0.2, 0.25) is 0 Å². The summed E-state index contributed by atoms with van der Waals surface area (Å²) in [5.74, 6) is -0.0162. The van der Waals surface area contributed by atoms with Crippen LogP contribution >= 0.6 is 23.2 Å². The van der Waals surface area contributed by atoms with Crippen LogP contribution in [0.25, 0.3) is 0 Å². The summed E-state index contributed by atoms with van der Waals surface area (Å²) in [5, 5.41) is 8.94. The quantitative estimate of drug-likeness (QED) is 0.790. The second-order valence-electron chi connectivity index (χ2n) is 4.73. The second-order valence-corrected chi connectivity index (χ2v) is 7.89. The number of rotatable bonds is 5. The third-order valence-corrected chi connectivity index (χ3v) is 4.47. The maximum atomic E-state index is 11.8. The van der Waals surface area contributed by atoms with E-state index in [1.165, 1.54) is 0 Å². The van der Waals surface area contributed by atoms with Gasteiger partial charge < -0.3 is 0 Å². The van der Waals surface area contributed by atoms with E-state index in [1.807, 2.05) is 27.7 Å². The molecule has 0 rings (SSSR count). The first-order valence-corrected chi connectivity index (χ1v) is 7.06. The third kappa shape index (κ3) is 6.05. The Hall–Kier alpha value is 0.180. The Morgan fingerprint density at radius 1 is 1.44 bits per heavy atom. The Bertz CT molecular complexity index is 284. The van der Waals surface area contributed by atoms with E-state index in [4.69, 9.17) is 28.5 Å². The van der Waals surface area contributed by atoms with Gasteiger partial charge in [-0.15, -0.1) is 23.2 Å². The van der Waals surface area contributed by atoms with Gasteiger partial charge in [-0.25, -0.2) is 8.93 Å². The summed E-state index contributed by atoms with van der Waals surface area (Å²) >= 11 is 11.4. The predicted octanol–water partition coefficient (Wildman–Crippen LogP) is 2.76. The maximum absolute atomic E-state index is 11.8. The number of nitriles is 1. The van der Waals surface area contributed by atoms with Gasteiger partial charge in [0.1, 0.15) is 10.9 Å². The topological polar surface area (TPSA) is 52.9 Å². The van der Waals surface area contributed by atoms with Crippen LogP contribution in [0.4, 0.5) is 0 Å². The van der Waals surface area contributed by atoms with Crippen molar-refractivity contribution in [1.82, 2.24) is 4.72 Å². The highest BCUT2D eigenvalue weighted by Crippen LogP contribution is 2.20. The molecule has 0 saturated carbocycles. The molecule has 0 aromatic carbocycles. The van der Waals surface area contributed by atoms with Crippen LogP contribution in [0.1, 0.15) is 34.1 Å². The first-order chi connectivity index (χ1) is 7.18. The van der Waals surface area contributed by atoms with Crippen molar-refractivity contribution in [3.05, 3.63) is 0 Å². The summed E-state index contributed by atoms with van der Waals surface area (Å²) in [6, 6.07) is 1.58. The van der Waals surface area contributed by atoms with Crippen molar-refractivity contribution in [3.63, 3.8) is 0 Å². The number of halogens is 2. The van der Waals surface area contributed by atoms with Crippen LogP contribution in [0, 0.1) is 17.2 Å². The predicted molar refractivity (Wildman–Crippen MR) is 69.7 cm³/mol. The molecule has 0 heterocycles. The van der Waals surface area contributed by atoms with Crippen LogP contribution in [-0.2, 0) is 11.0 Å². The number of nitrogens with zero attached hydrogens (tertiary/aromatic N) is 1. The van der Waals surface area contributed by atoms with Crippen molar-refractivity contribution >= 4 is 34.2 Å². The average Bonchev–Trinajstić information content (AvgIpc) is 2.14. The molecule has 0 aromatic rings. The van der Waals surface area contributed by atoms with Gasteiger partial charge in [0, 0.05) is 0 Å². The standard InChI is InChI=1S/C10H18Cl2N2OS/c1-7(9(11)12)5-8(6-13)14-16(15)10(2,3)4/h7-9,14H,5H2,1-4H3/t7-,8-,16-/m0/s1. The molecule has 94 valence electrons. The molecule has 6 heteroatoms. The summed E-state index contributed by atoms with van der Waals surface area (Å²) in [6.07, 6.45) is 0.482. The van der Waals surface area contributed by atoms with E-state index >= 15 is 0 Å². The van der Waals surface area contributed by atoms with Gasteiger partial charge in [0.15, 0.2) is 0 Å². The van der Waals surface area contributed by atoms with Crippen LogP contribution in [0.15, 0.2) is 0 Å². The van der Waals surface area contributed by atoms with Gasteiger partial charge in [-0.1, -0.05) is 6.92 Å². The zero-order valence-corrected chi connectivity index (χ0v) is 12.3. The lowest BCUT2D eigenvalue weighted by molar-refractivity contribution is 0.513. The zero-order valence-electron chi connectivity index (χ0n) is 9.96. The minimum absolute atomic E-state index is 0.0162.